The Morgan fingerprint density at radius 2 is 2.07 bits per heavy atom. The normalized spacial score (nSPS) is 9.14. The molecule has 0 spiro atoms. The summed E-state index contributed by atoms with van der Waals surface area (Å²) in [4.78, 5) is 11.0. The SMILES string of the molecule is COC(=O)c1cc(C#N)c(O)cc1O. The van der Waals surface area contributed by atoms with Gasteiger partial charge >= 0.3 is 5.97 Å². The zero-order valence-electron chi connectivity index (χ0n) is 7.31. The minimum absolute atomic E-state index is 0.0943. The van der Waals surface area contributed by atoms with Crippen LogP contribution in [-0.2, 0) is 4.74 Å². The van der Waals surface area contributed by atoms with Crippen molar-refractivity contribution in [1.29, 1.82) is 5.26 Å². The number of carbonyl (C=O) groups is 1. The summed E-state index contributed by atoms with van der Waals surface area (Å²) >= 11 is 0. The van der Waals surface area contributed by atoms with Crippen molar-refractivity contribution in [1.82, 2.24) is 0 Å². The number of methoxy groups -OCH3 is 1. The third kappa shape index (κ3) is 1.59. The van der Waals surface area contributed by atoms with Crippen LogP contribution in [0.1, 0.15) is 15.9 Å². The van der Waals surface area contributed by atoms with Gasteiger partial charge in [-0.1, -0.05) is 0 Å². The van der Waals surface area contributed by atoms with Crippen LogP contribution in [0.15, 0.2) is 12.1 Å². The molecule has 0 heterocycles. The van der Waals surface area contributed by atoms with Crippen LogP contribution < -0.4 is 0 Å². The first-order valence-corrected chi connectivity index (χ1v) is 3.64. The number of esters is 1. The van der Waals surface area contributed by atoms with E-state index in [4.69, 9.17) is 10.4 Å². The van der Waals surface area contributed by atoms with Gasteiger partial charge in [-0.15, -0.1) is 0 Å². The molecule has 1 aromatic carbocycles. The third-order valence-electron chi connectivity index (χ3n) is 1.64. The van der Waals surface area contributed by atoms with Crippen molar-refractivity contribution in [2.45, 2.75) is 0 Å². The molecular weight excluding hydrogens is 186 g/mol. The van der Waals surface area contributed by atoms with Crippen LogP contribution >= 0.6 is 0 Å². The summed E-state index contributed by atoms with van der Waals surface area (Å²) in [7, 11) is 1.15. The van der Waals surface area contributed by atoms with Gasteiger partial charge in [0.25, 0.3) is 0 Å². The Kier molecular flexibility index (Phi) is 2.58. The van der Waals surface area contributed by atoms with Gasteiger partial charge in [0, 0.05) is 6.07 Å². The lowest BCUT2D eigenvalue weighted by molar-refractivity contribution is 0.0597. The van der Waals surface area contributed by atoms with Crippen LogP contribution in [0.2, 0.25) is 0 Å². The molecule has 0 unspecified atom stereocenters. The molecule has 0 aromatic heterocycles. The van der Waals surface area contributed by atoms with Crippen LogP contribution in [-0.4, -0.2) is 23.3 Å². The maximum atomic E-state index is 11.0. The number of aromatic hydroxyl groups is 2. The quantitative estimate of drug-likeness (QED) is 0.642. The second-order valence-electron chi connectivity index (χ2n) is 2.49. The molecule has 5 nitrogen and oxygen atoms in total. The Morgan fingerprint density at radius 3 is 2.57 bits per heavy atom. The number of phenolic OH excluding ortho intramolecular Hbond substituents is 2. The number of ether oxygens (including phenoxy) is 1. The molecule has 0 saturated carbocycles. The van der Waals surface area contributed by atoms with Crippen LogP contribution in [0.5, 0.6) is 11.5 Å². The van der Waals surface area contributed by atoms with Crippen LogP contribution in [0.3, 0.4) is 0 Å². The minimum atomic E-state index is -0.765. The smallest absolute Gasteiger partial charge is 0.341 e. The Hall–Kier alpha value is -2.22. The largest absolute Gasteiger partial charge is 0.507 e. The molecule has 14 heavy (non-hydrogen) atoms. The zero-order valence-corrected chi connectivity index (χ0v) is 7.31. The van der Waals surface area contributed by atoms with Gasteiger partial charge in [-0.05, 0) is 6.07 Å². The summed E-state index contributed by atoms with van der Waals surface area (Å²) < 4.78 is 4.37. The third-order valence-corrected chi connectivity index (χ3v) is 1.64. The summed E-state index contributed by atoms with van der Waals surface area (Å²) in [5.74, 6) is -1.56. The summed E-state index contributed by atoms with van der Waals surface area (Å²) in [5.41, 5.74) is -0.245. The second kappa shape index (κ2) is 3.66. The maximum absolute atomic E-state index is 11.0. The van der Waals surface area contributed by atoms with E-state index >= 15 is 0 Å². The Morgan fingerprint density at radius 1 is 1.43 bits per heavy atom. The van der Waals surface area contributed by atoms with Gasteiger partial charge in [-0.25, -0.2) is 4.79 Å². The summed E-state index contributed by atoms with van der Waals surface area (Å²) in [5, 5.41) is 26.9. The molecule has 0 saturated heterocycles. The van der Waals surface area contributed by atoms with Gasteiger partial charge in [0.15, 0.2) is 0 Å². The molecule has 2 N–H and O–H groups in total. The Labute approximate surface area is 79.8 Å². The number of nitrogens with zero attached hydrogens (tertiary/aromatic N) is 1. The topological polar surface area (TPSA) is 90.6 Å². The van der Waals surface area contributed by atoms with Gasteiger partial charge in [0.05, 0.1) is 12.7 Å². The van der Waals surface area contributed by atoms with E-state index < -0.39 is 11.7 Å². The summed E-state index contributed by atoms with van der Waals surface area (Å²) in [6, 6.07) is 3.66. The molecule has 0 aliphatic carbocycles. The zero-order chi connectivity index (χ0) is 10.7. The molecule has 1 rings (SSSR count). The molecule has 0 fully saturated rings. The number of carbonyl (C=O) groups excluding carboxylic acids is 1. The van der Waals surface area contributed by atoms with Gasteiger partial charge in [0.1, 0.15) is 23.1 Å². The predicted octanol–water partition coefficient (Wildman–Crippen LogP) is 0.756. The molecular formula is C9H7NO4. The lowest BCUT2D eigenvalue weighted by atomic mass is 10.1. The van der Waals surface area contributed by atoms with E-state index in [2.05, 4.69) is 4.74 Å². The fraction of sp³-hybridized carbons (Fsp3) is 0.111. The molecule has 0 radical (unpaired) electrons. The second-order valence-corrected chi connectivity index (χ2v) is 2.49. The molecule has 72 valence electrons. The lowest BCUT2D eigenvalue weighted by Crippen LogP contribution is -2.02. The molecule has 1 aromatic rings. The van der Waals surface area contributed by atoms with Crippen LogP contribution in [0.25, 0.3) is 0 Å². The van der Waals surface area contributed by atoms with E-state index in [1.54, 1.807) is 6.07 Å². The average Bonchev–Trinajstić information content (AvgIpc) is 2.17. The molecule has 0 bridgehead atoms. The highest BCUT2D eigenvalue weighted by atomic mass is 16.5. The molecule has 0 aliphatic heterocycles. The molecule has 5 heteroatoms. The highest BCUT2D eigenvalue weighted by Crippen LogP contribution is 2.27. The van der Waals surface area contributed by atoms with Crippen molar-refractivity contribution in [2.24, 2.45) is 0 Å². The number of hydrogen-bond donors (Lipinski definition) is 2. The highest BCUT2D eigenvalue weighted by Gasteiger charge is 2.15. The number of nitriles is 1. The maximum Gasteiger partial charge on any atom is 0.341 e. The van der Waals surface area contributed by atoms with E-state index in [-0.39, 0.29) is 16.9 Å². The molecule has 0 amide bonds. The van der Waals surface area contributed by atoms with Crippen molar-refractivity contribution >= 4 is 5.97 Å². The van der Waals surface area contributed by atoms with E-state index in [1.165, 1.54) is 0 Å². The first-order valence-electron chi connectivity index (χ1n) is 3.64. The van der Waals surface area contributed by atoms with Crippen molar-refractivity contribution in [3.63, 3.8) is 0 Å². The fourth-order valence-electron chi connectivity index (χ4n) is 0.940. The number of rotatable bonds is 1. The predicted molar refractivity (Wildman–Crippen MR) is 45.8 cm³/mol. The minimum Gasteiger partial charge on any atom is -0.507 e. The van der Waals surface area contributed by atoms with Gasteiger partial charge in [0.2, 0.25) is 0 Å². The Balaban J connectivity index is 3.33. The first-order chi connectivity index (χ1) is 6.60. The average molecular weight is 193 g/mol. The number of benzene rings is 1. The number of phenols is 2. The van der Waals surface area contributed by atoms with Crippen molar-refractivity contribution in [2.75, 3.05) is 7.11 Å². The lowest BCUT2D eigenvalue weighted by Gasteiger charge is -2.03. The molecule has 0 atom stereocenters. The standard InChI is InChI=1S/C9H7NO4/c1-14-9(13)6-2-5(4-10)7(11)3-8(6)12/h2-3,11-12H,1H3. The van der Waals surface area contributed by atoms with Gasteiger partial charge in [-0.2, -0.15) is 5.26 Å². The van der Waals surface area contributed by atoms with E-state index in [1.807, 2.05) is 0 Å². The monoisotopic (exact) mass is 193 g/mol. The van der Waals surface area contributed by atoms with Crippen molar-refractivity contribution in [3.8, 4) is 17.6 Å². The van der Waals surface area contributed by atoms with E-state index in [9.17, 15) is 9.90 Å². The summed E-state index contributed by atoms with van der Waals surface area (Å²) in [6.07, 6.45) is 0. The van der Waals surface area contributed by atoms with Gasteiger partial charge in [-0.3, -0.25) is 0 Å². The van der Waals surface area contributed by atoms with Crippen molar-refractivity contribution < 1.29 is 19.7 Å². The first kappa shape index (κ1) is 9.86. The van der Waals surface area contributed by atoms with E-state index in [0.717, 1.165) is 19.2 Å². The van der Waals surface area contributed by atoms with Crippen molar-refractivity contribution in [3.05, 3.63) is 23.3 Å². The molecule has 0 aliphatic rings. The highest BCUT2D eigenvalue weighted by molar-refractivity contribution is 5.93. The Bertz CT molecular complexity index is 420. The van der Waals surface area contributed by atoms with Crippen LogP contribution in [0, 0.1) is 11.3 Å². The summed E-state index contributed by atoms with van der Waals surface area (Å²) in [6.45, 7) is 0. The van der Waals surface area contributed by atoms with Crippen LogP contribution in [0.4, 0.5) is 0 Å². The number of hydrogen-bond acceptors (Lipinski definition) is 5. The fourth-order valence-corrected chi connectivity index (χ4v) is 0.940. The van der Waals surface area contributed by atoms with Gasteiger partial charge < -0.3 is 14.9 Å². The van der Waals surface area contributed by atoms with E-state index in [0.29, 0.717) is 0 Å².